The van der Waals surface area contributed by atoms with E-state index in [1.165, 1.54) is 0 Å². The Balaban J connectivity index is 1.49. The van der Waals surface area contributed by atoms with Crippen molar-refractivity contribution < 1.29 is 29.0 Å². The predicted octanol–water partition coefficient (Wildman–Crippen LogP) is 3.58. The maximum Gasteiger partial charge on any atom is 0.248 e. The van der Waals surface area contributed by atoms with Crippen LogP contribution in [0.4, 0.5) is 5.69 Å². The van der Waals surface area contributed by atoms with E-state index in [-0.39, 0.29) is 37.4 Å². The molecule has 9 heteroatoms. The van der Waals surface area contributed by atoms with Crippen LogP contribution < -0.4 is 9.64 Å². The van der Waals surface area contributed by atoms with Crippen molar-refractivity contribution in [3.63, 3.8) is 0 Å². The number of benzene rings is 2. The molecule has 2 aromatic carbocycles. The van der Waals surface area contributed by atoms with Crippen LogP contribution in [0.5, 0.6) is 5.75 Å². The van der Waals surface area contributed by atoms with E-state index < -0.39 is 29.6 Å². The number of aliphatic hydroxyl groups is 1. The molecule has 3 heterocycles. The Labute approximate surface area is 253 Å². The highest BCUT2D eigenvalue weighted by Gasteiger charge is 2.74. The van der Waals surface area contributed by atoms with Crippen molar-refractivity contribution >= 4 is 23.4 Å². The third-order valence-electron chi connectivity index (χ3n) is 8.79. The maximum atomic E-state index is 14.4. The van der Waals surface area contributed by atoms with E-state index in [2.05, 4.69) is 13.2 Å². The number of carbonyl (C=O) groups is 3. The SMILES string of the molecule is C=CCN(Cc1ccccc1)C(=O)C1N(CCCO)C(=O)[C@@H]2[C@H](C(=O)N(CC=C)c3ccc(OCC)cc3)[C@@H]3CCC12O3. The van der Waals surface area contributed by atoms with E-state index >= 15 is 0 Å². The van der Waals surface area contributed by atoms with Crippen LogP contribution in [0.3, 0.4) is 0 Å². The number of hydrogen-bond donors (Lipinski definition) is 1. The van der Waals surface area contributed by atoms with E-state index in [0.717, 1.165) is 5.56 Å². The summed E-state index contributed by atoms with van der Waals surface area (Å²) in [5, 5.41) is 9.65. The zero-order chi connectivity index (χ0) is 30.6. The maximum absolute atomic E-state index is 14.4. The van der Waals surface area contributed by atoms with Crippen molar-refractivity contribution in [2.45, 2.75) is 50.5 Å². The van der Waals surface area contributed by atoms with Crippen LogP contribution >= 0.6 is 0 Å². The van der Waals surface area contributed by atoms with Crippen molar-refractivity contribution in [1.82, 2.24) is 9.80 Å². The number of rotatable bonds is 14. The Kier molecular flexibility index (Phi) is 9.32. The van der Waals surface area contributed by atoms with E-state index in [9.17, 15) is 19.5 Å². The minimum absolute atomic E-state index is 0.126. The number of ether oxygens (including phenoxy) is 2. The van der Waals surface area contributed by atoms with Crippen molar-refractivity contribution in [3.05, 3.63) is 85.5 Å². The average Bonchev–Trinajstić information content (AvgIpc) is 3.66. The van der Waals surface area contributed by atoms with Crippen LogP contribution in [0.15, 0.2) is 79.9 Å². The third-order valence-corrected chi connectivity index (χ3v) is 8.79. The quantitative estimate of drug-likeness (QED) is 0.340. The summed E-state index contributed by atoms with van der Waals surface area (Å²) in [4.78, 5) is 47.9. The fourth-order valence-corrected chi connectivity index (χ4v) is 7.08. The zero-order valence-corrected chi connectivity index (χ0v) is 24.8. The highest BCUT2D eigenvalue weighted by Crippen LogP contribution is 2.59. The first-order valence-corrected chi connectivity index (χ1v) is 15.1. The highest BCUT2D eigenvalue weighted by atomic mass is 16.5. The van der Waals surface area contributed by atoms with E-state index in [1.54, 1.807) is 26.9 Å². The largest absolute Gasteiger partial charge is 0.494 e. The summed E-state index contributed by atoms with van der Waals surface area (Å²) in [5.74, 6) is -1.58. The second-order valence-corrected chi connectivity index (χ2v) is 11.3. The number of likely N-dealkylation sites (tertiary alicyclic amines) is 1. The van der Waals surface area contributed by atoms with Gasteiger partial charge >= 0.3 is 0 Å². The van der Waals surface area contributed by atoms with Gasteiger partial charge in [-0.2, -0.15) is 0 Å². The molecular weight excluding hydrogens is 546 g/mol. The molecule has 228 valence electrons. The summed E-state index contributed by atoms with van der Waals surface area (Å²) in [5.41, 5.74) is 0.502. The molecule has 2 aromatic rings. The van der Waals surface area contributed by atoms with Crippen molar-refractivity contribution in [3.8, 4) is 5.75 Å². The Hall–Kier alpha value is -3.95. The Morgan fingerprint density at radius 1 is 1.09 bits per heavy atom. The number of carbonyl (C=O) groups excluding carboxylic acids is 3. The molecule has 0 radical (unpaired) electrons. The van der Waals surface area contributed by atoms with Crippen molar-refractivity contribution in [1.29, 1.82) is 0 Å². The van der Waals surface area contributed by atoms with Crippen LogP contribution in [0.2, 0.25) is 0 Å². The monoisotopic (exact) mass is 587 g/mol. The van der Waals surface area contributed by atoms with E-state index in [4.69, 9.17) is 9.47 Å². The van der Waals surface area contributed by atoms with Gasteiger partial charge in [0.25, 0.3) is 0 Å². The fraction of sp³-hybridized carbons (Fsp3) is 0.441. The molecule has 5 rings (SSSR count). The minimum Gasteiger partial charge on any atom is -0.494 e. The van der Waals surface area contributed by atoms with Gasteiger partial charge in [-0.1, -0.05) is 42.5 Å². The molecular formula is C34H41N3O6. The number of aliphatic hydroxyl groups excluding tert-OH is 1. The smallest absolute Gasteiger partial charge is 0.248 e. The predicted molar refractivity (Wildman–Crippen MR) is 163 cm³/mol. The molecule has 0 aromatic heterocycles. The Bertz CT molecular complexity index is 1330. The molecule has 0 saturated carbocycles. The van der Waals surface area contributed by atoms with Gasteiger partial charge in [-0.3, -0.25) is 14.4 Å². The summed E-state index contributed by atoms with van der Waals surface area (Å²) in [6, 6.07) is 16.0. The molecule has 1 N–H and O–H groups in total. The van der Waals surface area contributed by atoms with Crippen LogP contribution in [0.1, 0.15) is 31.7 Å². The van der Waals surface area contributed by atoms with Gasteiger partial charge in [0.15, 0.2) is 0 Å². The zero-order valence-electron chi connectivity index (χ0n) is 24.8. The second kappa shape index (κ2) is 13.1. The number of anilines is 1. The number of hydrogen-bond acceptors (Lipinski definition) is 6. The topological polar surface area (TPSA) is 99.6 Å². The average molecular weight is 588 g/mol. The lowest BCUT2D eigenvalue weighted by Crippen LogP contribution is -2.56. The number of nitrogens with zero attached hydrogens (tertiary/aromatic N) is 3. The first kappa shape index (κ1) is 30.5. The molecule has 3 amide bonds. The molecule has 2 unspecified atom stereocenters. The second-order valence-electron chi connectivity index (χ2n) is 11.3. The van der Waals surface area contributed by atoms with Crippen LogP contribution in [-0.2, 0) is 25.7 Å². The number of fused-ring (bicyclic) bond motifs is 1. The Morgan fingerprint density at radius 2 is 1.81 bits per heavy atom. The lowest BCUT2D eigenvalue weighted by molar-refractivity contribution is -0.148. The van der Waals surface area contributed by atoms with Gasteiger partial charge in [0.1, 0.15) is 17.4 Å². The van der Waals surface area contributed by atoms with Gasteiger partial charge in [0, 0.05) is 38.5 Å². The van der Waals surface area contributed by atoms with Crippen LogP contribution in [0, 0.1) is 11.8 Å². The molecule has 3 aliphatic rings. The molecule has 5 atom stereocenters. The molecule has 9 nitrogen and oxygen atoms in total. The van der Waals surface area contributed by atoms with Crippen molar-refractivity contribution in [2.24, 2.45) is 11.8 Å². The molecule has 0 aliphatic carbocycles. The van der Waals surface area contributed by atoms with Crippen LogP contribution in [-0.4, -0.2) is 83.2 Å². The summed E-state index contributed by atoms with van der Waals surface area (Å²) in [6.07, 6.45) is 4.24. The molecule has 3 fully saturated rings. The first-order chi connectivity index (χ1) is 20.9. The summed E-state index contributed by atoms with van der Waals surface area (Å²) in [6.45, 7) is 11.1. The number of amides is 3. The summed E-state index contributed by atoms with van der Waals surface area (Å²) in [7, 11) is 0. The molecule has 3 aliphatic heterocycles. The van der Waals surface area contributed by atoms with Gasteiger partial charge in [-0.25, -0.2) is 0 Å². The summed E-state index contributed by atoms with van der Waals surface area (Å²) >= 11 is 0. The minimum atomic E-state index is -1.12. The van der Waals surface area contributed by atoms with Crippen LogP contribution in [0.25, 0.3) is 0 Å². The molecule has 43 heavy (non-hydrogen) atoms. The highest BCUT2D eigenvalue weighted by molar-refractivity contribution is 6.03. The van der Waals surface area contributed by atoms with Gasteiger partial charge < -0.3 is 29.3 Å². The first-order valence-electron chi connectivity index (χ1n) is 15.1. The molecule has 1 spiro atoms. The van der Waals surface area contributed by atoms with E-state index in [1.807, 2.05) is 61.5 Å². The van der Waals surface area contributed by atoms with Crippen molar-refractivity contribution in [2.75, 3.05) is 37.7 Å². The lowest BCUT2D eigenvalue weighted by Gasteiger charge is -2.37. The Morgan fingerprint density at radius 3 is 2.47 bits per heavy atom. The standard InChI is InChI=1S/C34H41N3O6/c1-4-19-35(23-24-11-8-7-9-12-24)33(41)30-34-18-17-27(43-34)28(29(34)32(40)37(30)21-10-22-38)31(39)36(20-5-2)25-13-15-26(16-14-25)42-6-3/h4-5,7-9,11-16,27-30,38H,1-2,6,10,17-23H2,3H3/t27-,28+,29-,30?,34?/m0/s1. The third kappa shape index (κ3) is 5.59. The molecule has 3 saturated heterocycles. The molecule has 2 bridgehead atoms. The van der Waals surface area contributed by atoms with Gasteiger partial charge in [-0.05, 0) is 56.0 Å². The normalized spacial score (nSPS) is 25.3. The summed E-state index contributed by atoms with van der Waals surface area (Å²) < 4.78 is 12.2. The van der Waals surface area contributed by atoms with Gasteiger partial charge in [0.05, 0.1) is 24.5 Å². The van der Waals surface area contributed by atoms with Gasteiger partial charge in [-0.15, -0.1) is 13.2 Å². The van der Waals surface area contributed by atoms with E-state index in [0.29, 0.717) is 50.4 Å². The lowest BCUT2D eigenvalue weighted by atomic mass is 9.70. The van der Waals surface area contributed by atoms with Gasteiger partial charge in [0.2, 0.25) is 17.7 Å². The fourth-order valence-electron chi connectivity index (χ4n) is 7.08.